The van der Waals surface area contributed by atoms with Crippen LogP contribution in [-0.2, 0) is 0 Å². The minimum absolute atomic E-state index is 0.128. The predicted octanol–water partition coefficient (Wildman–Crippen LogP) is 4.81. The van der Waals surface area contributed by atoms with Crippen molar-refractivity contribution in [1.29, 1.82) is 0 Å². The first kappa shape index (κ1) is 18.5. The molecule has 7 nitrogen and oxygen atoms in total. The van der Waals surface area contributed by atoms with Crippen LogP contribution in [0, 0.1) is 0 Å². The second-order valence-electron chi connectivity index (χ2n) is 7.45. The molecule has 0 atom stereocenters. The molecule has 1 aliphatic heterocycles. The van der Waals surface area contributed by atoms with Gasteiger partial charge in [-0.1, -0.05) is 0 Å². The molecule has 1 fully saturated rings. The van der Waals surface area contributed by atoms with Gasteiger partial charge in [-0.2, -0.15) is 5.10 Å². The van der Waals surface area contributed by atoms with Crippen molar-refractivity contribution < 1.29 is 4.79 Å². The second kappa shape index (κ2) is 7.44. The van der Waals surface area contributed by atoms with Gasteiger partial charge in [0.25, 0.3) is 5.91 Å². The van der Waals surface area contributed by atoms with Gasteiger partial charge >= 0.3 is 0 Å². The van der Waals surface area contributed by atoms with Crippen LogP contribution in [0.15, 0.2) is 54.4 Å². The van der Waals surface area contributed by atoms with Crippen molar-refractivity contribution in [3.63, 3.8) is 0 Å². The van der Waals surface area contributed by atoms with Gasteiger partial charge in [0, 0.05) is 42.0 Å². The van der Waals surface area contributed by atoms with E-state index in [1.807, 2.05) is 46.9 Å². The summed E-state index contributed by atoms with van der Waals surface area (Å²) < 4.78 is 2.06. The Balaban J connectivity index is 1.38. The number of nitrogens with one attached hydrogen (secondary N) is 1. The highest BCUT2D eigenvalue weighted by Gasteiger charge is 2.22. The largest absolute Gasteiger partial charge is 0.338 e. The average molecular weight is 447 g/mol. The maximum Gasteiger partial charge on any atom is 0.263 e. The van der Waals surface area contributed by atoms with Gasteiger partial charge in [-0.3, -0.25) is 14.3 Å². The van der Waals surface area contributed by atoms with E-state index < -0.39 is 0 Å². The van der Waals surface area contributed by atoms with Crippen molar-refractivity contribution in [2.24, 2.45) is 0 Å². The molecule has 0 aromatic carbocycles. The van der Waals surface area contributed by atoms with Crippen LogP contribution >= 0.6 is 22.7 Å². The number of nitrogens with zero attached hydrogens (tertiary/aromatic N) is 5. The highest BCUT2D eigenvalue weighted by molar-refractivity contribution is 7.17. The Kier molecular flexibility index (Phi) is 4.43. The number of imidazole rings is 1. The van der Waals surface area contributed by atoms with Gasteiger partial charge in [0.1, 0.15) is 16.3 Å². The molecule has 0 aliphatic carbocycles. The smallest absolute Gasteiger partial charge is 0.263 e. The zero-order chi connectivity index (χ0) is 20.8. The Labute approximate surface area is 186 Å². The lowest BCUT2D eigenvalue weighted by Crippen LogP contribution is -2.26. The van der Waals surface area contributed by atoms with Crippen molar-refractivity contribution >= 4 is 34.2 Å². The number of H-pyrrole nitrogens is 1. The highest BCUT2D eigenvalue weighted by atomic mass is 32.1. The van der Waals surface area contributed by atoms with Crippen molar-refractivity contribution in [1.82, 2.24) is 29.5 Å². The van der Waals surface area contributed by atoms with E-state index in [0.717, 1.165) is 68.9 Å². The van der Waals surface area contributed by atoms with E-state index in [1.54, 1.807) is 17.5 Å². The third-order valence-electron chi connectivity index (χ3n) is 5.56. The SMILES string of the molecule is O=C(c1ccc(-c2[nH]ncc2-c2ccc3ncc(-c4nccs4)n3c2)s1)N1CCCC1. The number of hydrogen-bond donors (Lipinski definition) is 1. The molecule has 0 radical (unpaired) electrons. The highest BCUT2D eigenvalue weighted by Crippen LogP contribution is 2.36. The number of thiazole rings is 1. The molecule has 5 aromatic heterocycles. The number of thiophene rings is 1. The third-order valence-corrected chi connectivity index (χ3v) is 7.45. The summed E-state index contributed by atoms with van der Waals surface area (Å²) in [6.45, 7) is 1.71. The number of likely N-dealkylation sites (tertiary alicyclic amines) is 1. The molecule has 1 saturated heterocycles. The third kappa shape index (κ3) is 3.17. The number of aromatic nitrogens is 5. The fourth-order valence-electron chi connectivity index (χ4n) is 4.00. The van der Waals surface area contributed by atoms with E-state index >= 15 is 0 Å². The van der Waals surface area contributed by atoms with Gasteiger partial charge in [-0.15, -0.1) is 22.7 Å². The number of rotatable bonds is 4. The van der Waals surface area contributed by atoms with Crippen LogP contribution in [0.4, 0.5) is 0 Å². The first-order valence-corrected chi connectivity index (χ1v) is 11.8. The quantitative estimate of drug-likeness (QED) is 0.430. The summed E-state index contributed by atoms with van der Waals surface area (Å²) >= 11 is 3.10. The zero-order valence-electron chi connectivity index (χ0n) is 16.5. The summed E-state index contributed by atoms with van der Waals surface area (Å²) in [5.41, 5.74) is 4.76. The molecule has 1 aliphatic rings. The fourth-order valence-corrected chi connectivity index (χ4v) is 5.63. The van der Waals surface area contributed by atoms with Gasteiger partial charge in [-0.25, -0.2) is 9.97 Å². The van der Waals surface area contributed by atoms with Gasteiger partial charge in [0.2, 0.25) is 0 Å². The second-order valence-corrected chi connectivity index (χ2v) is 9.43. The Morgan fingerprint density at radius 3 is 2.81 bits per heavy atom. The van der Waals surface area contributed by atoms with E-state index in [2.05, 4.69) is 30.8 Å². The Morgan fingerprint density at radius 1 is 1.06 bits per heavy atom. The van der Waals surface area contributed by atoms with E-state index in [-0.39, 0.29) is 5.91 Å². The molecule has 6 rings (SSSR count). The molecule has 0 spiro atoms. The summed E-state index contributed by atoms with van der Waals surface area (Å²) in [5.74, 6) is 0.128. The minimum atomic E-state index is 0.128. The monoisotopic (exact) mass is 446 g/mol. The molecule has 31 heavy (non-hydrogen) atoms. The van der Waals surface area contributed by atoms with Gasteiger partial charge in [0.05, 0.1) is 27.8 Å². The lowest BCUT2D eigenvalue weighted by molar-refractivity contribution is 0.0797. The molecule has 1 N–H and O–H groups in total. The molecule has 0 saturated carbocycles. The van der Waals surface area contributed by atoms with Crippen LogP contribution < -0.4 is 0 Å². The van der Waals surface area contributed by atoms with E-state index in [4.69, 9.17) is 0 Å². The summed E-state index contributed by atoms with van der Waals surface area (Å²) in [6.07, 6.45) is 9.73. The van der Waals surface area contributed by atoms with E-state index in [1.165, 1.54) is 11.3 Å². The average Bonchev–Trinajstić information content (AvgIpc) is 3.62. The normalized spacial score (nSPS) is 14.0. The number of carbonyl (C=O) groups excluding carboxylic acids is 1. The van der Waals surface area contributed by atoms with Crippen LogP contribution in [0.5, 0.6) is 0 Å². The molecule has 6 heterocycles. The van der Waals surface area contributed by atoms with Crippen molar-refractivity contribution in [3.8, 4) is 32.4 Å². The number of hydrogen-bond acceptors (Lipinski definition) is 6. The number of fused-ring (bicyclic) bond motifs is 1. The molecule has 0 bridgehead atoms. The van der Waals surface area contributed by atoms with Gasteiger partial charge < -0.3 is 4.90 Å². The van der Waals surface area contributed by atoms with E-state index in [0.29, 0.717) is 0 Å². The topological polar surface area (TPSA) is 79.2 Å². The first-order chi connectivity index (χ1) is 15.3. The number of aromatic amines is 1. The molecule has 5 aromatic rings. The Bertz CT molecular complexity index is 1370. The first-order valence-electron chi connectivity index (χ1n) is 10.1. The fraction of sp³-hybridized carbons (Fsp3) is 0.182. The molecular weight excluding hydrogens is 428 g/mol. The molecular formula is C22H18N6OS2. The maximum atomic E-state index is 12.7. The van der Waals surface area contributed by atoms with Crippen LogP contribution in [-0.4, -0.2) is 48.5 Å². The lowest BCUT2D eigenvalue weighted by Gasteiger charge is -2.13. The lowest BCUT2D eigenvalue weighted by atomic mass is 10.1. The molecule has 1 amide bonds. The van der Waals surface area contributed by atoms with Crippen LogP contribution in [0.3, 0.4) is 0 Å². The summed E-state index contributed by atoms with van der Waals surface area (Å²) in [7, 11) is 0. The van der Waals surface area contributed by atoms with E-state index in [9.17, 15) is 4.79 Å². The molecule has 9 heteroatoms. The summed E-state index contributed by atoms with van der Waals surface area (Å²) in [5, 5.41) is 10.3. The summed E-state index contributed by atoms with van der Waals surface area (Å²) in [6, 6.07) is 7.97. The molecule has 0 unspecified atom stereocenters. The summed E-state index contributed by atoms with van der Waals surface area (Å²) in [4.78, 5) is 25.4. The standard InChI is InChI=1S/C22H18N6OS2/c29-22(27-8-1-2-9-27)18-5-4-17(31-18)20-15(11-25-26-20)14-3-6-19-24-12-16(28(19)13-14)21-23-7-10-30-21/h3-7,10-13H,1-2,8-9H2,(H,25,26). The van der Waals surface area contributed by atoms with Gasteiger partial charge in [-0.05, 0) is 37.1 Å². The minimum Gasteiger partial charge on any atom is -0.338 e. The van der Waals surface area contributed by atoms with Crippen molar-refractivity contribution in [2.45, 2.75) is 12.8 Å². The van der Waals surface area contributed by atoms with Crippen molar-refractivity contribution in [2.75, 3.05) is 13.1 Å². The predicted molar refractivity (Wildman–Crippen MR) is 122 cm³/mol. The van der Waals surface area contributed by atoms with Crippen LogP contribution in [0.1, 0.15) is 22.5 Å². The number of carbonyl (C=O) groups is 1. The Hall–Kier alpha value is -3.30. The van der Waals surface area contributed by atoms with Gasteiger partial charge in [0.15, 0.2) is 0 Å². The van der Waals surface area contributed by atoms with Crippen molar-refractivity contribution in [3.05, 3.63) is 59.3 Å². The molecule has 154 valence electrons. The number of amides is 1. The number of pyridine rings is 1. The van der Waals surface area contributed by atoms with Crippen LogP contribution in [0.25, 0.3) is 38.0 Å². The van der Waals surface area contributed by atoms with Crippen LogP contribution in [0.2, 0.25) is 0 Å². The Morgan fingerprint density at radius 2 is 1.97 bits per heavy atom. The maximum absolute atomic E-state index is 12.7. The zero-order valence-corrected chi connectivity index (χ0v) is 18.1.